The number of pyridine rings is 1. The smallest absolute Gasteiger partial charge is 0.410 e. The Kier molecular flexibility index (Phi) is 8.13. The summed E-state index contributed by atoms with van der Waals surface area (Å²) >= 11 is 0. The summed E-state index contributed by atoms with van der Waals surface area (Å²) in [5.41, 5.74) is 1.08. The first kappa shape index (κ1) is 25.5. The fraction of sp³-hybridized carbons (Fsp3) is 0.545. The second kappa shape index (κ2) is 10.9. The predicted octanol–water partition coefficient (Wildman–Crippen LogP) is 3.11. The van der Waals surface area contributed by atoms with Crippen molar-refractivity contribution in [1.29, 1.82) is 0 Å². The van der Waals surface area contributed by atoms with Crippen LogP contribution in [-0.2, 0) is 14.6 Å². The van der Waals surface area contributed by atoms with Crippen LogP contribution >= 0.6 is 0 Å². The summed E-state index contributed by atoms with van der Waals surface area (Å²) in [4.78, 5) is 26.4. The van der Waals surface area contributed by atoms with E-state index in [0.717, 1.165) is 0 Å². The Balaban J connectivity index is 1.71. The third-order valence-corrected chi connectivity index (χ3v) is 6.93. The van der Waals surface area contributed by atoms with Crippen molar-refractivity contribution in [1.82, 2.24) is 19.9 Å². The number of ether oxygens (including phenoxy) is 3. The Bertz CT molecular complexity index is 1120. The Labute approximate surface area is 199 Å². The molecule has 34 heavy (non-hydrogen) atoms. The van der Waals surface area contributed by atoms with Gasteiger partial charge in [-0.2, -0.15) is 4.98 Å². The molecule has 0 spiro atoms. The molecule has 0 radical (unpaired) electrons. The first-order chi connectivity index (χ1) is 16.1. The van der Waals surface area contributed by atoms with Crippen LogP contribution in [0.1, 0.15) is 39.3 Å². The summed E-state index contributed by atoms with van der Waals surface area (Å²) < 4.78 is 41.0. The summed E-state index contributed by atoms with van der Waals surface area (Å²) in [5.74, 6) is 0.930. The number of likely N-dealkylation sites (tertiary alicyclic amines) is 1. The van der Waals surface area contributed by atoms with Gasteiger partial charge >= 0.3 is 6.09 Å². The largest absolute Gasteiger partial charge is 0.489 e. The van der Waals surface area contributed by atoms with Crippen molar-refractivity contribution in [2.45, 2.75) is 57.8 Å². The maximum absolute atomic E-state index is 12.1. The van der Waals surface area contributed by atoms with Gasteiger partial charge in [0.05, 0.1) is 30.3 Å². The number of amides is 1. The van der Waals surface area contributed by atoms with Crippen LogP contribution in [0.15, 0.2) is 23.5 Å². The van der Waals surface area contributed by atoms with Gasteiger partial charge in [0.15, 0.2) is 20.7 Å². The monoisotopic (exact) mass is 493 g/mol. The van der Waals surface area contributed by atoms with Crippen molar-refractivity contribution in [3.8, 4) is 11.6 Å². The minimum atomic E-state index is -3.40. The Morgan fingerprint density at radius 1 is 1.24 bits per heavy atom. The van der Waals surface area contributed by atoms with Gasteiger partial charge in [0.1, 0.15) is 12.4 Å². The molecule has 2 aromatic heterocycles. The van der Waals surface area contributed by atoms with E-state index in [0.29, 0.717) is 48.9 Å². The number of nitrogens with zero attached hydrogens (tertiary/aromatic N) is 4. The highest BCUT2D eigenvalue weighted by molar-refractivity contribution is 7.91. The number of anilines is 2. The third kappa shape index (κ3) is 6.04. The number of aryl methyl sites for hydroxylation is 1. The van der Waals surface area contributed by atoms with Crippen LogP contribution < -0.4 is 14.8 Å². The van der Waals surface area contributed by atoms with Crippen LogP contribution in [0, 0.1) is 6.92 Å². The van der Waals surface area contributed by atoms with E-state index in [4.69, 9.17) is 14.2 Å². The van der Waals surface area contributed by atoms with E-state index in [1.165, 1.54) is 19.5 Å². The zero-order chi connectivity index (χ0) is 24.9. The van der Waals surface area contributed by atoms with E-state index < -0.39 is 9.84 Å². The lowest BCUT2D eigenvalue weighted by molar-refractivity contribution is 0.0500. The molecule has 1 aliphatic rings. The van der Waals surface area contributed by atoms with Gasteiger partial charge in [0.25, 0.3) is 5.88 Å². The highest BCUT2D eigenvalue weighted by atomic mass is 32.2. The second-order valence-electron chi connectivity index (χ2n) is 8.11. The number of methoxy groups -OCH3 is 1. The van der Waals surface area contributed by atoms with Gasteiger partial charge in [-0.3, -0.25) is 0 Å². The molecule has 0 atom stereocenters. The fourth-order valence-corrected chi connectivity index (χ4v) is 4.27. The van der Waals surface area contributed by atoms with Crippen molar-refractivity contribution in [2.75, 3.05) is 31.3 Å². The lowest BCUT2D eigenvalue weighted by Crippen LogP contribution is -2.42. The topological polar surface area (TPSA) is 133 Å². The number of rotatable bonds is 8. The standard InChI is InChI=1S/C22H31N5O6S/c1-6-34(29,30)18-8-7-17(15(4)25-18)26-20-19(31-5)21(24-13-23-20)33-16-9-11-27(12-10-16)22(28)32-14(2)3/h7-8,13-14,16H,6,9-12H2,1-5H3,(H,23,24,26). The SMILES string of the molecule is CCS(=O)(=O)c1ccc(Nc2ncnc(OC3CCN(C(=O)OC(C)C)CC3)c2OC)c(C)n1. The molecule has 0 unspecified atom stereocenters. The molecule has 1 saturated heterocycles. The van der Waals surface area contributed by atoms with Crippen molar-refractivity contribution in [3.63, 3.8) is 0 Å². The van der Waals surface area contributed by atoms with Crippen molar-refractivity contribution >= 4 is 27.4 Å². The van der Waals surface area contributed by atoms with Gasteiger partial charge < -0.3 is 24.4 Å². The predicted molar refractivity (Wildman–Crippen MR) is 125 cm³/mol. The number of carbonyl (C=O) groups is 1. The molecular formula is C22H31N5O6S. The van der Waals surface area contributed by atoms with Crippen molar-refractivity contribution in [3.05, 3.63) is 24.2 Å². The summed E-state index contributed by atoms with van der Waals surface area (Å²) in [6, 6.07) is 3.09. The average molecular weight is 494 g/mol. The molecule has 3 rings (SSSR count). The summed E-state index contributed by atoms with van der Waals surface area (Å²) in [6.07, 6.45) is 1.97. The second-order valence-corrected chi connectivity index (χ2v) is 10.3. The van der Waals surface area contributed by atoms with Gasteiger partial charge in [-0.25, -0.2) is 23.2 Å². The first-order valence-corrected chi connectivity index (χ1v) is 12.8. The minimum Gasteiger partial charge on any atom is -0.489 e. The lowest BCUT2D eigenvalue weighted by atomic mass is 10.1. The average Bonchev–Trinajstić information content (AvgIpc) is 2.80. The van der Waals surface area contributed by atoms with Gasteiger partial charge in [0, 0.05) is 25.9 Å². The Morgan fingerprint density at radius 2 is 1.94 bits per heavy atom. The Morgan fingerprint density at radius 3 is 2.53 bits per heavy atom. The Hall–Kier alpha value is -3.15. The molecule has 2 aromatic rings. The van der Waals surface area contributed by atoms with Crippen LogP contribution in [0.3, 0.4) is 0 Å². The molecule has 0 saturated carbocycles. The molecular weight excluding hydrogens is 462 g/mol. The van der Waals surface area contributed by atoms with Crippen molar-refractivity contribution < 1.29 is 27.4 Å². The zero-order valence-electron chi connectivity index (χ0n) is 20.1. The number of piperidine rings is 1. The molecule has 0 bridgehead atoms. The summed E-state index contributed by atoms with van der Waals surface area (Å²) in [6.45, 7) is 7.96. The summed E-state index contributed by atoms with van der Waals surface area (Å²) in [7, 11) is -1.91. The molecule has 12 heteroatoms. The van der Waals surface area contributed by atoms with E-state index in [1.54, 1.807) is 24.8 Å². The maximum atomic E-state index is 12.1. The van der Waals surface area contributed by atoms with Gasteiger partial charge in [-0.1, -0.05) is 6.92 Å². The van der Waals surface area contributed by atoms with E-state index in [2.05, 4.69) is 20.3 Å². The molecule has 1 amide bonds. The lowest BCUT2D eigenvalue weighted by Gasteiger charge is -2.31. The normalized spacial score (nSPS) is 14.7. The van der Waals surface area contributed by atoms with Crippen LogP contribution in [0.2, 0.25) is 0 Å². The van der Waals surface area contributed by atoms with Crippen LogP contribution in [0.25, 0.3) is 0 Å². The summed E-state index contributed by atoms with van der Waals surface area (Å²) in [5, 5.41) is 3.15. The molecule has 1 N–H and O–H groups in total. The van der Waals surface area contributed by atoms with Gasteiger partial charge in [0.2, 0.25) is 5.75 Å². The number of hydrogen-bond donors (Lipinski definition) is 1. The van der Waals surface area contributed by atoms with Gasteiger partial charge in [-0.05, 0) is 32.9 Å². The van der Waals surface area contributed by atoms with E-state index in [-0.39, 0.29) is 35.0 Å². The van der Waals surface area contributed by atoms with Gasteiger partial charge in [-0.15, -0.1) is 0 Å². The number of hydrogen-bond acceptors (Lipinski definition) is 10. The number of carbonyl (C=O) groups excluding carboxylic acids is 1. The zero-order valence-corrected chi connectivity index (χ0v) is 20.9. The quantitative estimate of drug-likeness (QED) is 0.585. The fourth-order valence-electron chi connectivity index (χ4n) is 3.42. The maximum Gasteiger partial charge on any atom is 0.410 e. The number of sulfone groups is 1. The molecule has 1 fully saturated rings. The van der Waals surface area contributed by atoms with E-state index in [1.807, 2.05) is 13.8 Å². The molecule has 3 heterocycles. The van der Waals surface area contributed by atoms with E-state index >= 15 is 0 Å². The molecule has 0 aliphatic carbocycles. The molecule has 11 nitrogen and oxygen atoms in total. The van der Waals surface area contributed by atoms with E-state index in [9.17, 15) is 13.2 Å². The van der Waals surface area contributed by atoms with Crippen molar-refractivity contribution in [2.24, 2.45) is 0 Å². The highest BCUT2D eigenvalue weighted by Gasteiger charge is 2.27. The van der Waals surface area contributed by atoms with Crippen LogP contribution in [0.5, 0.6) is 11.6 Å². The number of nitrogens with one attached hydrogen (secondary N) is 1. The number of aromatic nitrogens is 3. The first-order valence-electron chi connectivity index (χ1n) is 11.1. The molecule has 1 aliphatic heterocycles. The molecule has 186 valence electrons. The van der Waals surface area contributed by atoms with Crippen LogP contribution in [-0.4, -0.2) is 72.5 Å². The minimum absolute atomic E-state index is 0.0233. The third-order valence-electron chi connectivity index (χ3n) is 5.30. The molecule has 0 aromatic carbocycles. The highest BCUT2D eigenvalue weighted by Crippen LogP contribution is 2.35. The van der Waals surface area contributed by atoms with Crippen LogP contribution in [0.4, 0.5) is 16.3 Å².